The zero-order valence-electron chi connectivity index (χ0n) is 14.3. The third-order valence-electron chi connectivity index (χ3n) is 4.23. The van der Waals surface area contributed by atoms with Gasteiger partial charge in [-0.2, -0.15) is 10.2 Å². The molecule has 0 spiro atoms. The van der Waals surface area contributed by atoms with Crippen LogP contribution >= 0.6 is 0 Å². The van der Waals surface area contributed by atoms with Crippen molar-refractivity contribution in [2.24, 2.45) is 0 Å². The lowest BCUT2D eigenvalue weighted by molar-refractivity contribution is 0.628. The number of benzene rings is 2. The van der Waals surface area contributed by atoms with Gasteiger partial charge in [-0.25, -0.2) is 4.39 Å². The molecule has 0 aliphatic heterocycles. The Labute approximate surface area is 150 Å². The van der Waals surface area contributed by atoms with Crippen LogP contribution in [0.15, 0.2) is 66.9 Å². The van der Waals surface area contributed by atoms with Crippen LogP contribution in [0.5, 0.6) is 0 Å². The molecule has 5 heteroatoms. The SMILES string of the molecule is Cc1ccc(CNc2ccnc3ccc(-c4ccc(F)cc4)cc23)nn1. The lowest BCUT2D eigenvalue weighted by atomic mass is 10.0. The molecule has 0 aliphatic rings. The average molecular weight is 344 g/mol. The van der Waals surface area contributed by atoms with E-state index in [1.54, 1.807) is 18.3 Å². The van der Waals surface area contributed by atoms with E-state index in [0.717, 1.165) is 39.1 Å². The summed E-state index contributed by atoms with van der Waals surface area (Å²) in [4.78, 5) is 4.43. The van der Waals surface area contributed by atoms with Crippen LogP contribution in [-0.4, -0.2) is 15.2 Å². The summed E-state index contributed by atoms with van der Waals surface area (Å²) in [6, 6.07) is 18.4. The fraction of sp³-hybridized carbons (Fsp3) is 0.0952. The number of rotatable bonds is 4. The van der Waals surface area contributed by atoms with Crippen LogP contribution in [0.1, 0.15) is 11.4 Å². The predicted molar refractivity (Wildman–Crippen MR) is 101 cm³/mol. The van der Waals surface area contributed by atoms with Crippen molar-refractivity contribution in [3.63, 3.8) is 0 Å². The third kappa shape index (κ3) is 3.37. The molecule has 0 bridgehead atoms. The number of fused-ring (bicyclic) bond motifs is 1. The summed E-state index contributed by atoms with van der Waals surface area (Å²) in [5.41, 5.74) is 5.62. The number of aryl methyl sites for hydroxylation is 1. The van der Waals surface area contributed by atoms with Crippen LogP contribution < -0.4 is 5.32 Å². The van der Waals surface area contributed by atoms with E-state index < -0.39 is 0 Å². The van der Waals surface area contributed by atoms with Crippen molar-refractivity contribution in [2.75, 3.05) is 5.32 Å². The minimum atomic E-state index is -0.238. The highest BCUT2D eigenvalue weighted by molar-refractivity contribution is 5.94. The van der Waals surface area contributed by atoms with Crippen LogP contribution in [0.25, 0.3) is 22.0 Å². The maximum atomic E-state index is 13.2. The first-order valence-corrected chi connectivity index (χ1v) is 8.37. The Hall–Kier alpha value is -3.34. The van der Waals surface area contributed by atoms with Gasteiger partial charge in [-0.1, -0.05) is 18.2 Å². The zero-order chi connectivity index (χ0) is 17.9. The maximum Gasteiger partial charge on any atom is 0.123 e. The molecule has 0 radical (unpaired) electrons. The highest BCUT2D eigenvalue weighted by Crippen LogP contribution is 2.28. The largest absolute Gasteiger partial charge is 0.379 e. The van der Waals surface area contributed by atoms with Crippen molar-refractivity contribution in [1.29, 1.82) is 0 Å². The van der Waals surface area contributed by atoms with Crippen LogP contribution in [0, 0.1) is 12.7 Å². The Kier molecular flexibility index (Phi) is 4.27. The molecule has 2 aromatic carbocycles. The summed E-state index contributed by atoms with van der Waals surface area (Å²) in [5, 5.41) is 12.7. The maximum absolute atomic E-state index is 13.2. The molecule has 0 saturated heterocycles. The summed E-state index contributed by atoms with van der Waals surface area (Å²) < 4.78 is 13.2. The number of pyridine rings is 1. The van der Waals surface area contributed by atoms with Gasteiger partial charge >= 0.3 is 0 Å². The quantitative estimate of drug-likeness (QED) is 0.580. The summed E-state index contributed by atoms with van der Waals surface area (Å²) in [7, 11) is 0. The van der Waals surface area contributed by atoms with Gasteiger partial charge < -0.3 is 5.32 Å². The molecule has 4 rings (SSSR count). The van der Waals surface area contributed by atoms with Gasteiger partial charge in [0, 0.05) is 17.3 Å². The number of nitrogens with zero attached hydrogens (tertiary/aromatic N) is 3. The van der Waals surface area contributed by atoms with Gasteiger partial charge in [-0.15, -0.1) is 0 Å². The Balaban J connectivity index is 1.66. The second-order valence-electron chi connectivity index (χ2n) is 6.12. The summed E-state index contributed by atoms with van der Waals surface area (Å²) in [5.74, 6) is -0.238. The molecule has 2 heterocycles. The molecular formula is C21H17FN4. The van der Waals surface area contributed by atoms with Crippen molar-refractivity contribution in [2.45, 2.75) is 13.5 Å². The molecule has 0 saturated carbocycles. The van der Waals surface area contributed by atoms with Crippen LogP contribution in [-0.2, 0) is 6.54 Å². The highest BCUT2D eigenvalue weighted by atomic mass is 19.1. The van der Waals surface area contributed by atoms with Gasteiger partial charge in [-0.05, 0) is 60.5 Å². The Morgan fingerprint density at radius 1 is 0.885 bits per heavy atom. The Morgan fingerprint density at radius 2 is 1.69 bits per heavy atom. The fourth-order valence-corrected chi connectivity index (χ4v) is 2.83. The van der Waals surface area contributed by atoms with Crippen molar-refractivity contribution < 1.29 is 4.39 Å². The zero-order valence-corrected chi connectivity index (χ0v) is 14.3. The van der Waals surface area contributed by atoms with E-state index >= 15 is 0 Å². The lowest BCUT2D eigenvalue weighted by Crippen LogP contribution is -2.03. The molecule has 0 fully saturated rings. The van der Waals surface area contributed by atoms with Gasteiger partial charge in [0.25, 0.3) is 0 Å². The minimum absolute atomic E-state index is 0.238. The number of hydrogen-bond donors (Lipinski definition) is 1. The first-order chi connectivity index (χ1) is 12.7. The normalized spacial score (nSPS) is 10.8. The smallest absolute Gasteiger partial charge is 0.123 e. The van der Waals surface area contributed by atoms with E-state index in [2.05, 4.69) is 26.6 Å². The van der Waals surface area contributed by atoms with Crippen molar-refractivity contribution in [1.82, 2.24) is 15.2 Å². The molecule has 26 heavy (non-hydrogen) atoms. The van der Waals surface area contributed by atoms with E-state index in [4.69, 9.17) is 0 Å². The minimum Gasteiger partial charge on any atom is -0.379 e. The summed E-state index contributed by atoms with van der Waals surface area (Å²) >= 11 is 0. The number of aromatic nitrogens is 3. The molecule has 4 aromatic rings. The molecule has 0 aliphatic carbocycles. The van der Waals surface area contributed by atoms with Crippen molar-refractivity contribution >= 4 is 16.6 Å². The van der Waals surface area contributed by atoms with E-state index in [-0.39, 0.29) is 5.82 Å². The number of anilines is 1. The van der Waals surface area contributed by atoms with Crippen LogP contribution in [0.3, 0.4) is 0 Å². The number of hydrogen-bond acceptors (Lipinski definition) is 4. The first-order valence-electron chi connectivity index (χ1n) is 8.37. The molecule has 0 amide bonds. The molecular weight excluding hydrogens is 327 g/mol. The standard InChI is InChI=1S/C21H17FN4/c1-14-2-8-18(26-25-14)13-24-21-10-11-23-20-9-5-16(12-19(20)21)15-3-6-17(22)7-4-15/h2-12H,13H2,1H3,(H,23,24). The van der Waals surface area contributed by atoms with Crippen molar-refractivity contribution in [3.8, 4) is 11.1 Å². The summed E-state index contributed by atoms with van der Waals surface area (Å²) in [6.45, 7) is 2.49. The Bertz CT molecular complexity index is 1040. The predicted octanol–water partition coefficient (Wildman–Crippen LogP) is 4.75. The fourth-order valence-electron chi connectivity index (χ4n) is 2.83. The van der Waals surface area contributed by atoms with Gasteiger partial charge in [0.05, 0.1) is 23.4 Å². The molecule has 2 aromatic heterocycles. The Morgan fingerprint density at radius 3 is 2.46 bits per heavy atom. The van der Waals surface area contributed by atoms with E-state index in [1.165, 1.54) is 12.1 Å². The highest BCUT2D eigenvalue weighted by Gasteiger charge is 2.06. The van der Waals surface area contributed by atoms with E-state index in [1.807, 2.05) is 37.3 Å². The molecule has 4 nitrogen and oxygen atoms in total. The molecule has 0 atom stereocenters. The second-order valence-corrected chi connectivity index (χ2v) is 6.12. The van der Waals surface area contributed by atoms with Gasteiger partial charge in [0.15, 0.2) is 0 Å². The van der Waals surface area contributed by atoms with Crippen LogP contribution in [0.2, 0.25) is 0 Å². The molecule has 128 valence electrons. The lowest BCUT2D eigenvalue weighted by Gasteiger charge is -2.10. The summed E-state index contributed by atoms with van der Waals surface area (Å²) in [6.07, 6.45) is 1.78. The van der Waals surface area contributed by atoms with Gasteiger partial charge in [-0.3, -0.25) is 4.98 Å². The number of nitrogens with one attached hydrogen (secondary N) is 1. The second kappa shape index (κ2) is 6.88. The molecule has 0 unspecified atom stereocenters. The molecule has 1 N–H and O–H groups in total. The monoisotopic (exact) mass is 344 g/mol. The number of halogens is 1. The van der Waals surface area contributed by atoms with Crippen LogP contribution in [0.4, 0.5) is 10.1 Å². The topological polar surface area (TPSA) is 50.7 Å². The van der Waals surface area contributed by atoms with Crippen molar-refractivity contribution in [3.05, 3.63) is 84.1 Å². The van der Waals surface area contributed by atoms with E-state index in [0.29, 0.717) is 6.54 Å². The van der Waals surface area contributed by atoms with Gasteiger partial charge in [0.2, 0.25) is 0 Å². The van der Waals surface area contributed by atoms with E-state index in [9.17, 15) is 4.39 Å². The first kappa shape index (κ1) is 16.1. The average Bonchev–Trinajstić information content (AvgIpc) is 2.68. The van der Waals surface area contributed by atoms with Gasteiger partial charge in [0.1, 0.15) is 5.82 Å². The third-order valence-corrected chi connectivity index (χ3v) is 4.23.